The van der Waals surface area contributed by atoms with Gasteiger partial charge in [-0.25, -0.2) is 0 Å². The van der Waals surface area contributed by atoms with Gasteiger partial charge < -0.3 is 14.4 Å². The SMILES string of the molecule is O=C(c1ccccc1)N1CCC(c2ccc(OCc3ccccc3)cc2OCc2ccccc2)CC1. The molecule has 1 amide bonds. The molecule has 0 atom stereocenters. The molecule has 1 aliphatic heterocycles. The summed E-state index contributed by atoms with van der Waals surface area (Å²) in [4.78, 5) is 14.9. The molecule has 0 radical (unpaired) electrons. The topological polar surface area (TPSA) is 38.8 Å². The van der Waals surface area contributed by atoms with E-state index < -0.39 is 0 Å². The van der Waals surface area contributed by atoms with Crippen molar-refractivity contribution in [3.8, 4) is 11.5 Å². The smallest absolute Gasteiger partial charge is 0.253 e. The van der Waals surface area contributed by atoms with Crippen LogP contribution in [0, 0.1) is 0 Å². The van der Waals surface area contributed by atoms with Crippen molar-refractivity contribution in [3.05, 3.63) is 131 Å². The zero-order valence-corrected chi connectivity index (χ0v) is 20.4. The minimum Gasteiger partial charge on any atom is -0.489 e. The van der Waals surface area contributed by atoms with Gasteiger partial charge >= 0.3 is 0 Å². The summed E-state index contributed by atoms with van der Waals surface area (Å²) in [6.45, 7) is 2.49. The number of nitrogens with zero attached hydrogens (tertiary/aromatic N) is 1. The Hall–Kier alpha value is -4.05. The first-order valence-electron chi connectivity index (χ1n) is 12.6. The molecule has 5 rings (SSSR count). The average Bonchev–Trinajstić information content (AvgIpc) is 2.96. The maximum Gasteiger partial charge on any atom is 0.253 e. The van der Waals surface area contributed by atoms with Crippen molar-refractivity contribution in [3.63, 3.8) is 0 Å². The maximum atomic E-state index is 12.9. The lowest BCUT2D eigenvalue weighted by Crippen LogP contribution is -2.37. The number of ether oxygens (including phenoxy) is 2. The summed E-state index contributed by atoms with van der Waals surface area (Å²) in [5.74, 6) is 2.10. The van der Waals surface area contributed by atoms with E-state index in [1.807, 2.05) is 83.8 Å². The second kappa shape index (κ2) is 11.6. The van der Waals surface area contributed by atoms with Crippen molar-refractivity contribution in [1.29, 1.82) is 0 Å². The van der Waals surface area contributed by atoms with Gasteiger partial charge in [0.05, 0.1) is 0 Å². The predicted molar refractivity (Wildman–Crippen MR) is 142 cm³/mol. The van der Waals surface area contributed by atoms with Crippen LogP contribution in [0.25, 0.3) is 0 Å². The number of benzene rings is 4. The van der Waals surface area contributed by atoms with E-state index in [0.29, 0.717) is 19.1 Å². The summed E-state index contributed by atoms with van der Waals surface area (Å²) in [6.07, 6.45) is 1.81. The number of rotatable bonds is 8. The highest BCUT2D eigenvalue weighted by atomic mass is 16.5. The van der Waals surface area contributed by atoms with E-state index in [1.165, 1.54) is 5.56 Å². The molecule has 0 saturated carbocycles. The maximum absolute atomic E-state index is 12.9. The Morgan fingerprint density at radius 2 is 1.25 bits per heavy atom. The zero-order chi connectivity index (χ0) is 24.6. The van der Waals surface area contributed by atoms with Gasteiger partial charge in [0.25, 0.3) is 5.91 Å². The van der Waals surface area contributed by atoms with Crippen LogP contribution in [0.3, 0.4) is 0 Å². The Morgan fingerprint density at radius 3 is 1.86 bits per heavy atom. The highest BCUT2D eigenvalue weighted by molar-refractivity contribution is 5.94. The molecule has 0 spiro atoms. The van der Waals surface area contributed by atoms with Crippen molar-refractivity contribution in [2.24, 2.45) is 0 Å². The predicted octanol–water partition coefficient (Wildman–Crippen LogP) is 6.86. The highest BCUT2D eigenvalue weighted by Gasteiger charge is 2.26. The molecule has 0 aromatic heterocycles. The lowest BCUT2D eigenvalue weighted by molar-refractivity contribution is 0.0712. The third-order valence-electron chi connectivity index (χ3n) is 6.71. The molecule has 1 saturated heterocycles. The van der Waals surface area contributed by atoms with Gasteiger partial charge in [-0.1, -0.05) is 84.9 Å². The van der Waals surface area contributed by atoms with Crippen LogP contribution >= 0.6 is 0 Å². The van der Waals surface area contributed by atoms with E-state index in [4.69, 9.17) is 9.47 Å². The van der Waals surface area contributed by atoms with Crippen molar-refractivity contribution >= 4 is 5.91 Å². The van der Waals surface area contributed by atoms with Crippen molar-refractivity contribution in [2.75, 3.05) is 13.1 Å². The minimum atomic E-state index is 0.110. The lowest BCUT2D eigenvalue weighted by atomic mass is 9.88. The quantitative estimate of drug-likeness (QED) is 0.278. The lowest BCUT2D eigenvalue weighted by Gasteiger charge is -2.33. The highest BCUT2D eigenvalue weighted by Crippen LogP contribution is 2.37. The van der Waals surface area contributed by atoms with Gasteiger partial charge in [-0.05, 0) is 53.6 Å². The number of amides is 1. The van der Waals surface area contributed by atoms with Gasteiger partial charge in [-0.2, -0.15) is 0 Å². The fourth-order valence-corrected chi connectivity index (χ4v) is 4.70. The first-order chi connectivity index (χ1) is 17.8. The van der Waals surface area contributed by atoms with Gasteiger partial charge in [0.15, 0.2) is 0 Å². The second-order valence-corrected chi connectivity index (χ2v) is 9.18. The molecule has 1 fully saturated rings. The van der Waals surface area contributed by atoms with Crippen LogP contribution in [0.1, 0.15) is 45.8 Å². The van der Waals surface area contributed by atoms with E-state index in [9.17, 15) is 4.79 Å². The monoisotopic (exact) mass is 477 g/mol. The molecule has 1 aliphatic rings. The summed E-state index contributed by atoms with van der Waals surface area (Å²) in [5.41, 5.74) is 4.19. The van der Waals surface area contributed by atoms with E-state index >= 15 is 0 Å². The number of likely N-dealkylation sites (tertiary alicyclic amines) is 1. The summed E-state index contributed by atoms with van der Waals surface area (Å²) < 4.78 is 12.4. The van der Waals surface area contributed by atoms with Crippen LogP contribution in [0.2, 0.25) is 0 Å². The number of piperidine rings is 1. The van der Waals surface area contributed by atoms with Gasteiger partial charge in [0.1, 0.15) is 24.7 Å². The van der Waals surface area contributed by atoms with Crippen LogP contribution in [0.15, 0.2) is 109 Å². The largest absolute Gasteiger partial charge is 0.489 e. The van der Waals surface area contributed by atoms with E-state index in [2.05, 4.69) is 30.3 Å². The van der Waals surface area contributed by atoms with Crippen molar-refractivity contribution < 1.29 is 14.3 Å². The van der Waals surface area contributed by atoms with Crippen molar-refractivity contribution in [1.82, 2.24) is 4.90 Å². The molecule has 0 N–H and O–H groups in total. The van der Waals surface area contributed by atoms with Gasteiger partial charge in [0.2, 0.25) is 0 Å². The second-order valence-electron chi connectivity index (χ2n) is 9.18. The Kier molecular flexibility index (Phi) is 7.62. The third-order valence-corrected chi connectivity index (χ3v) is 6.71. The van der Waals surface area contributed by atoms with E-state index in [0.717, 1.165) is 54.1 Å². The van der Waals surface area contributed by atoms with E-state index in [1.54, 1.807) is 0 Å². The fourth-order valence-electron chi connectivity index (χ4n) is 4.70. The molecular formula is C32H31NO3. The van der Waals surface area contributed by atoms with Crippen LogP contribution < -0.4 is 9.47 Å². The Balaban J connectivity index is 1.30. The molecule has 182 valence electrons. The minimum absolute atomic E-state index is 0.110. The number of carbonyl (C=O) groups is 1. The molecule has 4 nitrogen and oxygen atoms in total. The molecule has 4 aromatic rings. The molecule has 0 aliphatic carbocycles. The molecule has 4 aromatic carbocycles. The summed E-state index contributed by atoms with van der Waals surface area (Å²) in [5, 5.41) is 0. The van der Waals surface area contributed by atoms with Crippen LogP contribution in [-0.4, -0.2) is 23.9 Å². The number of hydrogen-bond donors (Lipinski definition) is 0. The summed E-state index contributed by atoms with van der Waals surface area (Å²) in [7, 11) is 0. The Bertz CT molecular complexity index is 1250. The standard InChI is InChI=1S/C32H31NO3/c34-32(28-14-8-3-9-15-28)33-20-18-27(19-21-33)30-17-16-29(35-23-25-10-4-1-5-11-25)22-31(30)36-24-26-12-6-2-7-13-26/h1-17,22,27H,18-21,23-24H2. The van der Waals surface area contributed by atoms with E-state index in [-0.39, 0.29) is 5.91 Å². The fraction of sp³-hybridized carbons (Fsp3) is 0.219. The molecule has 36 heavy (non-hydrogen) atoms. The average molecular weight is 478 g/mol. The Labute approximate surface area is 213 Å². The zero-order valence-electron chi connectivity index (χ0n) is 20.4. The van der Waals surface area contributed by atoms with Gasteiger partial charge in [-0.3, -0.25) is 4.79 Å². The Morgan fingerprint density at radius 1 is 0.694 bits per heavy atom. The molecule has 0 bridgehead atoms. The number of hydrogen-bond acceptors (Lipinski definition) is 3. The first kappa shape index (κ1) is 23.7. The molecule has 4 heteroatoms. The summed E-state index contributed by atoms with van der Waals surface area (Å²) in [6, 6.07) is 36.1. The van der Waals surface area contributed by atoms with Crippen molar-refractivity contribution in [2.45, 2.75) is 32.0 Å². The van der Waals surface area contributed by atoms with Crippen LogP contribution in [-0.2, 0) is 13.2 Å². The van der Waals surface area contributed by atoms with Crippen LogP contribution in [0.5, 0.6) is 11.5 Å². The summed E-state index contributed by atoms with van der Waals surface area (Å²) >= 11 is 0. The third kappa shape index (κ3) is 5.95. The molecule has 0 unspecified atom stereocenters. The molecular weight excluding hydrogens is 446 g/mol. The van der Waals surface area contributed by atoms with Gasteiger partial charge in [-0.15, -0.1) is 0 Å². The van der Waals surface area contributed by atoms with Crippen LogP contribution in [0.4, 0.5) is 0 Å². The molecule has 1 heterocycles. The first-order valence-corrected chi connectivity index (χ1v) is 12.6. The van der Waals surface area contributed by atoms with Gasteiger partial charge in [0, 0.05) is 24.7 Å². The normalized spacial score (nSPS) is 13.8. The number of carbonyl (C=O) groups excluding carboxylic acids is 1.